The van der Waals surface area contributed by atoms with Crippen molar-refractivity contribution in [2.45, 2.75) is 26.7 Å². The van der Waals surface area contributed by atoms with E-state index in [4.69, 9.17) is 0 Å². The van der Waals surface area contributed by atoms with Crippen molar-refractivity contribution in [1.82, 2.24) is 25.0 Å². The zero-order valence-electron chi connectivity index (χ0n) is 17.4. The molecular weight excluding hydrogens is 410 g/mol. The average Bonchev–Trinajstić information content (AvgIpc) is 3.43. The number of carbonyl (C=O) groups is 1. The van der Waals surface area contributed by atoms with Crippen molar-refractivity contribution in [1.29, 1.82) is 0 Å². The largest absolute Gasteiger partial charge is 0.356 e. The second-order valence-corrected chi connectivity index (χ2v) is 8.98. The summed E-state index contributed by atoms with van der Waals surface area (Å²) in [5.74, 6) is 0.993. The highest BCUT2D eigenvalue weighted by Gasteiger charge is 2.28. The Morgan fingerprint density at radius 3 is 2.74 bits per heavy atom. The second-order valence-electron chi connectivity index (χ2n) is 7.78. The Kier molecular flexibility index (Phi) is 5.11. The van der Waals surface area contributed by atoms with Gasteiger partial charge in [-0.05, 0) is 44.4 Å². The summed E-state index contributed by atoms with van der Waals surface area (Å²) >= 11 is 1.71. The zero-order valence-corrected chi connectivity index (χ0v) is 18.3. The van der Waals surface area contributed by atoms with Gasteiger partial charge in [0.25, 0.3) is 0 Å². The summed E-state index contributed by atoms with van der Waals surface area (Å²) in [6.07, 6.45) is 6.60. The SMILES string of the molecule is Cc1sc2ncnc(N3CCC(C(=O)Nc4ccccc4-n4ccnn4)CC3)c2c1C. The van der Waals surface area contributed by atoms with Crippen molar-refractivity contribution in [3.63, 3.8) is 0 Å². The molecule has 158 valence electrons. The minimum Gasteiger partial charge on any atom is -0.356 e. The molecular formula is C22H23N7OS. The summed E-state index contributed by atoms with van der Waals surface area (Å²) < 4.78 is 1.66. The first-order chi connectivity index (χ1) is 15.1. The molecule has 4 aromatic rings. The van der Waals surface area contributed by atoms with Gasteiger partial charge in [0, 0.05) is 23.9 Å². The van der Waals surface area contributed by atoms with Crippen molar-refractivity contribution >= 4 is 39.0 Å². The number of aromatic nitrogens is 5. The summed E-state index contributed by atoms with van der Waals surface area (Å²) in [6, 6.07) is 7.63. The summed E-state index contributed by atoms with van der Waals surface area (Å²) in [6.45, 7) is 5.85. The Labute approximate surface area is 183 Å². The third-order valence-corrected chi connectivity index (χ3v) is 7.06. The van der Waals surface area contributed by atoms with Crippen LogP contribution in [0.1, 0.15) is 23.3 Å². The molecule has 31 heavy (non-hydrogen) atoms. The maximum atomic E-state index is 13.0. The predicted octanol–water partition coefficient (Wildman–Crippen LogP) is 3.74. The van der Waals surface area contributed by atoms with Crippen molar-refractivity contribution in [2.24, 2.45) is 5.92 Å². The minimum absolute atomic E-state index is 0.0392. The maximum Gasteiger partial charge on any atom is 0.227 e. The molecule has 3 aromatic heterocycles. The van der Waals surface area contributed by atoms with E-state index in [9.17, 15) is 4.79 Å². The van der Waals surface area contributed by atoms with E-state index < -0.39 is 0 Å². The number of piperidine rings is 1. The van der Waals surface area contributed by atoms with E-state index in [2.05, 4.69) is 44.3 Å². The number of rotatable bonds is 4. The number of hydrogen-bond acceptors (Lipinski definition) is 7. The van der Waals surface area contributed by atoms with Crippen LogP contribution in [0.2, 0.25) is 0 Å². The van der Waals surface area contributed by atoms with E-state index in [-0.39, 0.29) is 11.8 Å². The molecule has 0 aliphatic carbocycles. The number of amides is 1. The highest BCUT2D eigenvalue weighted by Crippen LogP contribution is 2.35. The first-order valence-corrected chi connectivity index (χ1v) is 11.2. The van der Waals surface area contributed by atoms with Crippen LogP contribution in [-0.2, 0) is 4.79 Å². The molecule has 1 saturated heterocycles. The molecule has 1 aromatic carbocycles. The number of carbonyl (C=O) groups excluding carboxylic acids is 1. The van der Waals surface area contributed by atoms with Gasteiger partial charge in [0.15, 0.2) is 0 Å². The van der Waals surface area contributed by atoms with Crippen LogP contribution >= 0.6 is 11.3 Å². The Hall–Kier alpha value is -3.33. The Bertz CT molecular complexity index is 1230. The van der Waals surface area contributed by atoms with E-state index in [1.807, 2.05) is 24.3 Å². The summed E-state index contributed by atoms with van der Waals surface area (Å²) in [7, 11) is 0. The molecule has 0 spiro atoms. The lowest BCUT2D eigenvalue weighted by molar-refractivity contribution is -0.120. The lowest BCUT2D eigenvalue weighted by Gasteiger charge is -2.32. The monoisotopic (exact) mass is 433 g/mol. The molecule has 1 N–H and O–H groups in total. The van der Waals surface area contributed by atoms with Crippen LogP contribution in [0, 0.1) is 19.8 Å². The van der Waals surface area contributed by atoms with Gasteiger partial charge in [0.2, 0.25) is 5.91 Å². The molecule has 0 atom stereocenters. The molecule has 0 bridgehead atoms. The quantitative estimate of drug-likeness (QED) is 0.527. The fourth-order valence-electron chi connectivity index (χ4n) is 4.11. The number of fused-ring (bicyclic) bond motifs is 1. The molecule has 5 rings (SSSR count). The van der Waals surface area contributed by atoms with Gasteiger partial charge >= 0.3 is 0 Å². The molecule has 0 radical (unpaired) electrons. The van der Waals surface area contributed by atoms with Gasteiger partial charge in [-0.2, -0.15) is 0 Å². The van der Waals surface area contributed by atoms with E-state index in [1.54, 1.807) is 34.7 Å². The van der Waals surface area contributed by atoms with Gasteiger partial charge in [-0.3, -0.25) is 4.79 Å². The Morgan fingerprint density at radius 1 is 1.16 bits per heavy atom. The number of aryl methyl sites for hydroxylation is 2. The number of nitrogens with zero attached hydrogens (tertiary/aromatic N) is 6. The van der Waals surface area contributed by atoms with Gasteiger partial charge in [-0.15, -0.1) is 16.4 Å². The molecule has 0 saturated carbocycles. The van der Waals surface area contributed by atoms with Crippen LogP contribution in [-0.4, -0.2) is 44.0 Å². The van der Waals surface area contributed by atoms with Crippen LogP contribution in [0.4, 0.5) is 11.5 Å². The van der Waals surface area contributed by atoms with Crippen molar-refractivity contribution < 1.29 is 4.79 Å². The van der Waals surface area contributed by atoms with Gasteiger partial charge in [0.1, 0.15) is 17.0 Å². The van der Waals surface area contributed by atoms with E-state index in [0.29, 0.717) is 0 Å². The maximum absolute atomic E-state index is 13.0. The zero-order chi connectivity index (χ0) is 21.4. The van der Waals surface area contributed by atoms with Gasteiger partial charge in [-0.25, -0.2) is 14.6 Å². The predicted molar refractivity (Wildman–Crippen MR) is 122 cm³/mol. The van der Waals surface area contributed by atoms with Crippen LogP contribution < -0.4 is 10.2 Å². The highest BCUT2D eigenvalue weighted by atomic mass is 32.1. The third kappa shape index (κ3) is 3.65. The molecule has 4 heterocycles. The molecule has 1 fully saturated rings. The number of para-hydroxylation sites is 2. The van der Waals surface area contributed by atoms with Crippen molar-refractivity contribution in [2.75, 3.05) is 23.3 Å². The van der Waals surface area contributed by atoms with Gasteiger partial charge < -0.3 is 10.2 Å². The van der Waals surface area contributed by atoms with E-state index in [1.165, 1.54) is 10.4 Å². The minimum atomic E-state index is -0.0392. The molecule has 9 heteroatoms. The molecule has 1 aliphatic rings. The second kappa shape index (κ2) is 8.07. The Balaban J connectivity index is 1.29. The number of thiophene rings is 1. The molecule has 1 aliphatic heterocycles. The lowest BCUT2D eigenvalue weighted by atomic mass is 9.95. The number of hydrogen-bond donors (Lipinski definition) is 1. The molecule has 0 unspecified atom stereocenters. The van der Waals surface area contributed by atoms with Gasteiger partial charge in [0.05, 0.1) is 29.2 Å². The van der Waals surface area contributed by atoms with E-state index >= 15 is 0 Å². The summed E-state index contributed by atoms with van der Waals surface area (Å²) in [5, 5.41) is 12.1. The topological polar surface area (TPSA) is 88.8 Å². The third-order valence-electron chi connectivity index (χ3n) is 5.94. The number of benzene rings is 1. The number of anilines is 2. The fourth-order valence-corrected chi connectivity index (χ4v) is 5.10. The van der Waals surface area contributed by atoms with Crippen LogP contribution in [0.5, 0.6) is 0 Å². The van der Waals surface area contributed by atoms with E-state index in [0.717, 1.165) is 53.3 Å². The first kappa shape index (κ1) is 19.6. The van der Waals surface area contributed by atoms with Crippen molar-refractivity contribution in [3.05, 3.63) is 53.4 Å². The first-order valence-electron chi connectivity index (χ1n) is 10.3. The molecule has 1 amide bonds. The van der Waals surface area contributed by atoms with Crippen molar-refractivity contribution in [3.8, 4) is 5.69 Å². The van der Waals surface area contributed by atoms with Crippen LogP contribution in [0.15, 0.2) is 43.0 Å². The normalized spacial score (nSPS) is 14.8. The smallest absolute Gasteiger partial charge is 0.227 e. The lowest BCUT2D eigenvalue weighted by Crippen LogP contribution is -2.38. The average molecular weight is 434 g/mol. The number of nitrogens with one attached hydrogen (secondary N) is 1. The standard InChI is InChI=1S/C22H23N7OS/c1-14-15(2)31-22-19(14)20(23-13-24-22)28-10-7-16(8-11-28)21(30)26-17-5-3-4-6-18(17)29-12-9-25-27-29/h3-6,9,12-13,16H,7-8,10-11H2,1-2H3,(H,26,30). The highest BCUT2D eigenvalue weighted by molar-refractivity contribution is 7.18. The molecule has 8 nitrogen and oxygen atoms in total. The summed E-state index contributed by atoms with van der Waals surface area (Å²) in [4.78, 5) is 26.6. The van der Waals surface area contributed by atoms with Crippen LogP contribution in [0.25, 0.3) is 15.9 Å². The van der Waals surface area contributed by atoms with Crippen LogP contribution in [0.3, 0.4) is 0 Å². The van der Waals surface area contributed by atoms with Gasteiger partial charge in [-0.1, -0.05) is 17.3 Å². The Morgan fingerprint density at radius 2 is 1.97 bits per heavy atom. The fraction of sp³-hybridized carbons (Fsp3) is 0.318. The summed E-state index contributed by atoms with van der Waals surface area (Å²) in [5.41, 5.74) is 2.79.